The van der Waals surface area contributed by atoms with Crippen LogP contribution in [0.1, 0.15) is 129 Å². The largest absolute Gasteiger partial charge is 0.477 e. The highest BCUT2D eigenvalue weighted by Gasteiger charge is 2.44. The molecule has 0 radical (unpaired) electrons. The van der Waals surface area contributed by atoms with Gasteiger partial charge in [-0.05, 0) is 6.42 Å². The van der Waals surface area contributed by atoms with Crippen LogP contribution >= 0.6 is 0 Å². The lowest BCUT2D eigenvalue weighted by Gasteiger charge is -2.37. The number of carboxylic acid groups (broad SMARTS) is 1. The smallest absolute Gasteiger partial charge is 0.359 e. The molecule has 1 aliphatic heterocycles. The molecular weight excluding hydrogens is 388 g/mol. The molecule has 5 heteroatoms. The van der Waals surface area contributed by atoms with E-state index in [1.54, 1.807) is 0 Å². The quantitative estimate of drug-likeness (QED) is 0.155. The third-order valence-corrected chi connectivity index (χ3v) is 6.91. The summed E-state index contributed by atoms with van der Waals surface area (Å²) in [5, 5.41) is 19.8. The summed E-state index contributed by atoms with van der Waals surface area (Å²) in [5.41, 5.74) is 0. The highest BCUT2D eigenvalue weighted by atomic mass is 16.4. The second-order valence-corrected chi connectivity index (χ2v) is 9.55. The number of unbranched alkanes of at least 4 members (excludes halogenated alkanes) is 15. The van der Waals surface area contributed by atoms with Gasteiger partial charge in [0.1, 0.15) is 6.54 Å². The second kappa shape index (κ2) is 17.6. The zero-order valence-electron chi connectivity index (χ0n) is 20.6. The van der Waals surface area contributed by atoms with Crippen molar-refractivity contribution in [1.82, 2.24) is 0 Å². The molecule has 182 valence electrons. The number of carboxylic acids is 1. The minimum Gasteiger partial charge on any atom is -0.477 e. The molecular formula is C26H51N2O3+. The Morgan fingerprint density at radius 2 is 1.29 bits per heavy atom. The van der Waals surface area contributed by atoms with Crippen molar-refractivity contribution in [3.63, 3.8) is 0 Å². The average molecular weight is 440 g/mol. The summed E-state index contributed by atoms with van der Waals surface area (Å²) in [6.45, 7) is 5.40. The van der Waals surface area contributed by atoms with Crippen LogP contribution in [0.25, 0.3) is 0 Å². The van der Waals surface area contributed by atoms with Gasteiger partial charge in [-0.2, -0.15) is 0 Å². The number of nitrogens with zero attached hydrogens (tertiary/aromatic N) is 2. The number of aliphatic imine (C=N–C) groups is 1. The molecule has 0 aliphatic carbocycles. The lowest BCUT2D eigenvalue weighted by atomic mass is 10.0. The number of rotatable bonds is 21. The van der Waals surface area contributed by atoms with Crippen LogP contribution in [0.4, 0.5) is 0 Å². The Bertz CT molecular complexity index is 495. The molecule has 0 bridgehead atoms. The highest BCUT2D eigenvalue weighted by Crippen LogP contribution is 2.25. The van der Waals surface area contributed by atoms with Crippen LogP contribution in [-0.2, 0) is 4.79 Å². The zero-order chi connectivity index (χ0) is 22.8. The fourth-order valence-corrected chi connectivity index (χ4v) is 4.95. The maximum absolute atomic E-state index is 11.4. The Labute approximate surface area is 191 Å². The molecule has 0 fully saturated rings. The Morgan fingerprint density at radius 3 is 1.71 bits per heavy atom. The molecule has 0 saturated carbocycles. The van der Waals surface area contributed by atoms with Gasteiger partial charge in [0.15, 0.2) is 12.8 Å². The Balaban J connectivity index is 2.02. The SMILES string of the molecule is CCCCCCCCCCCCCCCCCCC1=NCC[N+]1(CC(=O)O)C(O)CC. The summed E-state index contributed by atoms with van der Waals surface area (Å²) in [5.74, 6) is 0.0520. The first-order valence-corrected chi connectivity index (χ1v) is 13.4. The molecule has 0 amide bonds. The minimum atomic E-state index is -0.853. The van der Waals surface area contributed by atoms with Crippen molar-refractivity contribution in [3.05, 3.63) is 0 Å². The molecule has 2 unspecified atom stereocenters. The number of amidine groups is 1. The van der Waals surface area contributed by atoms with Crippen LogP contribution in [0, 0.1) is 0 Å². The molecule has 0 aromatic rings. The lowest BCUT2D eigenvalue weighted by molar-refractivity contribution is -0.879. The van der Waals surface area contributed by atoms with Gasteiger partial charge in [-0.25, -0.2) is 14.3 Å². The monoisotopic (exact) mass is 439 g/mol. The normalized spacial score (nSPS) is 19.5. The van der Waals surface area contributed by atoms with E-state index < -0.39 is 12.2 Å². The third-order valence-electron chi connectivity index (χ3n) is 6.91. The van der Waals surface area contributed by atoms with Crippen LogP contribution in [-0.4, -0.2) is 52.4 Å². The first-order chi connectivity index (χ1) is 15.1. The topological polar surface area (TPSA) is 69.9 Å². The number of aliphatic hydroxyl groups is 1. The summed E-state index contributed by atoms with van der Waals surface area (Å²) in [4.78, 5) is 16.0. The molecule has 0 aromatic heterocycles. The number of aliphatic carboxylic acids is 1. The van der Waals surface area contributed by atoms with E-state index in [9.17, 15) is 15.0 Å². The van der Waals surface area contributed by atoms with Crippen LogP contribution in [0.2, 0.25) is 0 Å². The fourth-order valence-electron chi connectivity index (χ4n) is 4.95. The Hall–Kier alpha value is -0.940. The van der Waals surface area contributed by atoms with Crippen LogP contribution < -0.4 is 0 Å². The number of carbonyl (C=O) groups is 1. The van der Waals surface area contributed by atoms with E-state index in [1.807, 2.05) is 6.92 Å². The molecule has 1 aliphatic rings. The van der Waals surface area contributed by atoms with Gasteiger partial charge in [0, 0.05) is 12.8 Å². The standard InChI is InChI=1S/C26H50N2O3/c1-3-5-6-7-8-9-10-11-12-13-14-15-16-17-18-19-20-24-27-21-22-28(24,23-26(30)31)25(29)4-2/h25,29H,3-23H2,1-2H3/p+1. The van der Waals surface area contributed by atoms with Gasteiger partial charge in [-0.15, -0.1) is 0 Å². The van der Waals surface area contributed by atoms with E-state index in [2.05, 4.69) is 11.9 Å². The first kappa shape index (κ1) is 28.1. The van der Waals surface area contributed by atoms with Gasteiger partial charge in [-0.1, -0.05) is 110 Å². The Morgan fingerprint density at radius 1 is 0.839 bits per heavy atom. The second-order valence-electron chi connectivity index (χ2n) is 9.55. The number of quaternary nitrogens is 1. The van der Waals surface area contributed by atoms with E-state index in [0.717, 1.165) is 18.7 Å². The molecule has 31 heavy (non-hydrogen) atoms. The van der Waals surface area contributed by atoms with Crippen LogP contribution in [0.3, 0.4) is 0 Å². The molecule has 1 heterocycles. The van der Waals surface area contributed by atoms with Gasteiger partial charge in [0.05, 0.1) is 6.54 Å². The summed E-state index contributed by atoms with van der Waals surface area (Å²) < 4.78 is 0.157. The highest BCUT2D eigenvalue weighted by molar-refractivity contribution is 5.80. The number of hydrogen-bond donors (Lipinski definition) is 2. The number of hydrogen-bond acceptors (Lipinski definition) is 3. The molecule has 5 nitrogen and oxygen atoms in total. The third kappa shape index (κ3) is 11.5. The van der Waals surface area contributed by atoms with Crippen molar-refractivity contribution in [2.75, 3.05) is 19.6 Å². The molecule has 2 N–H and O–H groups in total. The van der Waals surface area contributed by atoms with Gasteiger partial charge < -0.3 is 10.2 Å². The fraction of sp³-hybridized carbons (Fsp3) is 0.923. The molecule has 2 atom stereocenters. The van der Waals surface area contributed by atoms with Crippen molar-refractivity contribution in [2.45, 2.75) is 136 Å². The predicted octanol–water partition coefficient (Wildman–Crippen LogP) is 6.68. The van der Waals surface area contributed by atoms with Gasteiger partial charge in [0.25, 0.3) is 0 Å². The molecule has 0 saturated heterocycles. The molecule has 0 spiro atoms. The van der Waals surface area contributed by atoms with Gasteiger partial charge in [0.2, 0.25) is 5.84 Å². The first-order valence-electron chi connectivity index (χ1n) is 13.4. The minimum absolute atomic E-state index is 0.0489. The number of aliphatic hydroxyl groups excluding tert-OH is 1. The zero-order valence-corrected chi connectivity index (χ0v) is 20.6. The Kier molecular flexibility index (Phi) is 15.9. The summed E-state index contributed by atoms with van der Waals surface area (Å²) in [7, 11) is 0. The van der Waals surface area contributed by atoms with Crippen LogP contribution in [0.15, 0.2) is 4.99 Å². The van der Waals surface area contributed by atoms with Crippen molar-refractivity contribution in [2.24, 2.45) is 4.99 Å². The average Bonchev–Trinajstić information content (AvgIpc) is 3.15. The van der Waals surface area contributed by atoms with Crippen molar-refractivity contribution in [1.29, 1.82) is 0 Å². The van der Waals surface area contributed by atoms with Crippen molar-refractivity contribution >= 4 is 11.8 Å². The lowest BCUT2D eigenvalue weighted by Crippen LogP contribution is -2.60. The summed E-state index contributed by atoms with van der Waals surface area (Å²) in [6.07, 6.45) is 22.3. The van der Waals surface area contributed by atoms with Gasteiger partial charge in [-0.3, -0.25) is 0 Å². The molecule has 1 rings (SSSR count). The van der Waals surface area contributed by atoms with E-state index in [-0.39, 0.29) is 11.0 Å². The maximum atomic E-state index is 11.4. The van der Waals surface area contributed by atoms with E-state index in [4.69, 9.17) is 0 Å². The summed E-state index contributed by atoms with van der Waals surface area (Å²) in [6, 6.07) is 0. The van der Waals surface area contributed by atoms with Crippen molar-refractivity contribution in [3.8, 4) is 0 Å². The summed E-state index contributed by atoms with van der Waals surface area (Å²) >= 11 is 0. The predicted molar refractivity (Wildman–Crippen MR) is 130 cm³/mol. The van der Waals surface area contributed by atoms with E-state index >= 15 is 0 Å². The van der Waals surface area contributed by atoms with Crippen LogP contribution in [0.5, 0.6) is 0 Å². The molecule has 0 aromatic carbocycles. The van der Waals surface area contributed by atoms with E-state index in [0.29, 0.717) is 19.5 Å². The van der Waals surface area contributed by atoms with Crippen molar-refractivity contribution < 1.29 is 19.5 Å². The van der Waals surface area contributed by atoms with E-state index in [1.165, 1.54) is 96.3 Å². The van der Waals surface area contributed by atoms with Gasteiger partial charge >= 0.3 is 5.97 Å². The maximum Gasteiger partial charge on any atom is 0.359 e.